The Labute approximate surface area is 425 Å². The van der Waals surface area contributed by atoms with Crippen molar-refractivity contribution in [3.05, 3.63) is 248 Å². The lowest BCUT2D eigenvalue weighted by molar-refractivity contribution is 0.954. The van der Waals surface area contributed by atoms with E-state index in [0.717, 1.165) is 54.4 Å². The number of benzene rings is 10. The van der Waals surface area contributed by atoms with Crippen molar-refractivity contribution in [3.63, 3.8) is 0 Å². The van der Waals surface area contributed by atoms with Crippen molar-refractivity contribution in [2.75, 3.05) is 0 Å². The van der Waals surface area contributed by atoms with E-state index in [1.165, 1.54) is 0 Å². The Balaban J connectivity index is 1.15. The Kier molecular flexibility index (Phi) is 5.57. The highest BCUT2D eigenvalue weighted by atomic mass is 28.3. The zero-order valence-electron chi connectivity index (χ0n) is 54.9. The van der Waals surface area contributed by atoms with Gasteiger partial charge in [-0.15, -0.1) is 0 Å². The summed E-state index contributed by atoms with van der Waals surface area (Å²) in [5, 5.41) is 1.97. The minimum Gasteiger partial charge on any atom is -0.308 e. The first-order valence-electron chi connectivity index (χ1n) is 31.5. The van der Waals surface area contributed by atoms with E-state index in [0.29, 0.717) is 22.2 Å². The molecule has 0 unspecified atom stereocenters. The second-order valence-electron chi connectivity index (χ2n) is 16.5. The second-order valence-corrected chi connectivity index (χ2v) is 20.0. The van der Waals surface area contributed by atoms with Crippen LogP contribution in [-0.2, 0) is 0 Å². The Morgan fingerprint density at radius 3 is 1.48 bits per heavy atom. The lowest BCUT2D eigenvalue weighted by Crippen LogP contribution is -2.74. The maximum absolute atomic E-state index is 10.7. The first kappa shape index (κ1) is 24.7. The minimum atomic E-state index is -6.22. The fraction of sp³-hybridized carbons (Fsp3) is 0. The van der Waals surface area contributed by atoms with Gasteiger partial charge in [-0.25, -0.2) is 4.98 Å². The fourth-order valence-electron chi connectivity index (χ4n) is 10.1. The summed E-state index contributed by atoms with van der Waals surface area (Å²) in [4.78, 5) is 15.3. The monoisotopic (exact) mass is 914 g/mol. The van der Waals surface area contributed by atoms with Crippen LogP contribution in [0.1, 0.15) is 26.0 Å². The predicted molar refractivity (Wildman–Crippen MR) is 289 cm³/mol. The molecule has 0 N–H and O–H groups in total. The van der Waals surface area contributed by atoms with E-state index in [2.05, 4.69) is 40.8 Å². The number of rotatable bonds is 8. The largest absolute Gasteiger partial charge is 0.308 e. The van der Waals surface area contributed by atoms with Gasteiger partial charge in [-0.1, -0.05) is 224 Å². The molecule has 10 aromatic carbocycles. The molecule has 0 atom stereocenters. The van der Waals surface area contributed by atoms with Crippen molar-refractivity contribution < 1.29 is 26.0 Å². The van der Waals surface area contributed by atoms with Crippen LogP contribution in [0.3, 0.4) is 0 Å². The molecule has 4 heterocycles. The van der Waals surface area contributed by atoms with Crippen LogP contribution >= 0.6 is 0 Å². The van der Waals surface area contributed by atoms with Gasteiger partial charge in [0, 0.05) is 43.4 Å². The van der Waals surface area contributed by atoms with Gasteiger partial charge in [0.1, 0.15) is 0 Å². The summed E-state index contributed by atoms with van der Waals surface area (Å²) in [5.41, 5.74) is 5.30. The highest BCUT2D eigenvalue weighted by Crippen LogP contribution is 2.41. The van der Waals surface area contributed by atoms with Crippen molar-refractivity contribution in [3.8, 4) is 39.9 Å². The third kappa shape index (κ3) is 5.92. The Hall–Kier alpha value is -8.97. The zero-order valence-corrected chi connectivity index (χ0v) is 36.9. The number of para-hydroxylation sites is 4. The molecule has 6 heteroatoms. The molecule has 5 nitrogen and oxygen atoms in total. The van der Waals surface area contributed by atoms with Gasteiger partial charge >= 0.3 is 0 Å². The van der Waals surface area contributed by atoms with Gasteiger partial charge in [-0.3, -0.25) is 4.57 Å². The van der Waals surface area contributed by atoms with Gasteiger partial charge in [0.05, 0.1) is 53.6 Å². The molecular formula is C63H41N5Si. The molecule has 14 rings (SSSR count). The van der Waals surface area contributed by atoms with Crippen LogP contribution in [0.5, 0.6) is 0 Å². The van der Waals surface area contributed by atoms with Crippen LogP contribution in [0.25, 0.3) is 99.8 Å². The molecule has 14 aromatic rings. The molecule has 4 aromatic heterocycles. The predicted octanol–water partition coefficient (Wildman–Crippen LogP) is 12.5. The summed E-state index contributed by atoms with van der Waals surface area (Å²) >= 11 is 0. The van der Waals surface area contributed by atoms with Gasteiger partial charge in [0.15, 0.2) is 19.7 Å². The molecule has 69 heavy (non-hydrogen) atoms. The Morgan fingerprint density at radius 1 is 0.362 bits per heavy atom. The summed E-state index contributed by atoms with van der Waals surface area (Å²) in [6.07, 6.45) is 0. The molecule has 0 aliphatic heterocycles. The fourth-order valence-corrected chi connectivity index (χ4v) is 13.6. The topological polar surface area (TPSA) is 48.0 Å². The van der Waals surface area contributed by atoms with Crippen LogP contribution in [0.15, 0.2) is 248 Å². The standard InChI is InChI=1S/C63H41N5Si/c1-4-21-44(22-5-1)69(45-23-6-2-7-24-45,46-25-8-3-9-26-46)47-27-18-20-43(40-47)61-64-62(66-63(65-61)68-57-36-16-12-29-49(57)50-30-13-17-37-58(50)68)55-32-11-10-28-48(55)42-38-39-52-54-34-19-33-53-51-31-14-15-35-56(51)67(60(53)54)59(52)41-42/h1-41H/i1D,2D,3D,4D,5D,6D,7D,8D,9D,18D,20D,21D,22D,23D,24D,25D,26D,27D,40D. The molecule has 0 radical (unpaired) electrons. The van der Waals surface area contributed by atoms with Crippen molar-refractivity contribution in [2.45, 2.75) is 0 Å². The number of fused-ring (bicyclic) bond motifs is 9. The minimum absolute atomic E-state index is 0.0396. The third-order valence-corrected chi connectivity index (χ3v) is 17.0. The van der Waals surface area contributed by atoms with Crippen LogP contribution < -0.4 is 20.7 Å². The molecule has 322 valence electrons. The van der Waals surface area contributed by atoms with Crippen molar-refractivity contribution >= 4 is 88.7 Å². The highest BCUT2D eigenvalue weighted by Gasteiger charge is 2.41. The van der Waals surface area contributed by atoms with E-state index in [1.54, 1.807) is 16.7 Å². The van der Waals surface area contributed by atoms with Gasteiger partial charge < -0.3 is 4.40 Å². The second kappa shape index (κ2) is 15.6. The van der Waals surface area contributed by atoms with Crippen molar-refractivity contribution in [1.82, 2.24) is 23.9 Å². The average molecular weight is 915 g/mol. The number of aromatic nitrogens is 5. The van der Waals surface area contributed by atoms with Crippen molar-refractivity contribution in [1.29, 1.82) is 0 Å². The van der Waals surface area contributed by atoms with E-state index >= 15 is 0 Å². The number of nitrogens with zero attached hydrogens (tertiary/aromatic N) is 5. The molecule has 0 bridgehead atoms. The van der Waals surface area contributed by atoms with Gasteiger partial charge in [-0.05, 0) is 56.1 Å². The molecule has 0 aliphatic carbocycles. The van der Waals surface area contributed by atoms with Crippen LogP contribution in [0.2, 0.25) is 0 Å². The molecular weight excluding hydrogens is 855 g/mol. The Bertz CT molecular complexity index is 5130. The smallest absolute Gasteiger partial charge is 0.238 e. The normalized spacial score (nSPS) is 15.9. The summed E-state index contributed by atoms with van der Waals surface area (Å²) in [6, 6.07) is 22.6. The third-order valence-electron chi connectivity index (χ3n) is 13.0. The van der Waals surface area contributed by atoms with Crippen LogP contribution in [0, 0.1) is 0 Å². The van der Waals surface area contributed by atoms with E-state index in [-0.39, 0.29) is 11.8 Å². The SMILES string of the molecule is [2H]c1c([2H])c([2H])c([Si](c2c([2H])c([2H])c([2H])c([2H])c2[2H])(c2c([2H])c([2H])c([2H])c([2H])c2[2H])c2c([2H])c([2H])c([2H])c(-c3nc(-c4ccccc4-c4ccc5c6cccc7c8ccccc8n(c5c4)c76)nc(-n4c5ccccc5c5ccccc54)n3)c2[2H])c([2H])c1[2H]. The lowest BCUT2D eigenvalue weighted by Gasteiger charge is -2.34. The molecule has 0 saturated carbocycles. The first-order valence-corrected chi connectivity index (χ1v) is 24.0. The molecule has 0 aliphatic rings. The zero-order chi connectivity index (χ0) is 62.0. The number of hydrogen-bond donors (Lipinski definition) is 0. The van der Waals surface area contributed by atoms with E-state index < -0.39 is 155 Å². The quantitative estimate of drug-likeness (QED) is 0.113. The summed E-state index contributed by atoms with van der Waals surface area (Å²) in [6.45, 7) is 0. The highest BCUT2D eigenvalue weighted by molar-refractivity contribution is 7.19. The van der Waals surface area contributed by atoms with E-state index in [4.69, 9.17) is 27.3 Å². The maximum Gasteiger partial charge on any atom is 0.238 e. The molecule has 0 spiro atoms. The van der Waals surface area contributed by atoms with E-state index in [1.807, 2.05) is 84.9 Å². The summed E-state index contributed by atoms with van der Waals surface area (Å²) in [7, 11) is -6.22. The lowest BCUT2D eigenvalue weighted by atomic mass is 9.97. The molecule has 0 saturated heterocycles. The Morgan fingerprint density at radius 2 is 0.855 bits per heavy atom. The van der Waals surface area contributed by atoms with Gasteiger partial charge in [-0.2, -0.15) is 9.97 Å². The first-order chi connectivity index (χ1) is 42.1. The molecule has 0 amide bonds. The summed E-state index contributed by atoms with van der Waals surface area (Å²) < 4.78 is 183. The van der Waals surface area contributed by atoms with Gasteiger partial charge in [0.2, 0.25) is 5.95 Å². The average Bonchev–Trinajstić information content (AvgIpc) is 0.865. The number of hydrogen-bond acceptors (Lipinski definition) is 3. The van der Waals surface area contributed by atoms with Crippen molar-refractivity contribution in [2.24, 2.45) is 0 Å². The van der Waals surface area contributed by atoms with E-state index in [9.17, 15) is 13.7 Å². The summed E-state index contributed by atoms with van der Waals surface area (Å²) in [5.74, 6) is -0.620. The van der Waals surface area contributed by atoms with Crippen LogP contribution in [-0.4, -0.2) is 32.0 Å². The maximum atomic E-state index is 10.7. The van der Waals surface area contributed by atoms with Crippen LogP contribution in [0.4, 0.5) is 0 Å². The van der Waals surface area contributed by atoms with Gasteiger partial charge in [0.25, 0.3) is 0 Å². The molecule has 0 fully saturated rings.